The van der Waals surface area contributed by atoms with E-state index < -0.39 is 0 Å². The molecule has 100 valence electrons. The number of nitrogens with zero attached hydrogens (tertiary/aromatic N) is 2. The first-order valence-corrected chi connectivity index (χ1v) is 7.04. The predicted molar refractivity (Wildman–Crippen MR) is 73.5 cm³/mol. The fraction of sp³-hybridized carbons (Fsp3) is 0.667. The smallest absolute Gasteiger partial charge is 0.226 e. The van der Waals surface area contributed by atoms with E-state index in [0.717, 1.165) is 25.1 Å². The molecule has 1 amide bonds. The van der Waals surface area contributed by atoms with Crippen molar-refractivity contribution >= 4 is 22.4 Å². The normalized spacial score (nSPS) is 17.5. The SMILES string of the molecule is CN(C)C1(CNC(=O)Cc2csc(N)n2)CCC1. The van der Waals surface area contributed by atoms with Crippen molar-refractivity contribution < 1.29 is 4.79 Å². The number of nitrogens with one attached hydrogen (secondary N) is 1. The molecule has 1 heterocycles. The van der Waals surface area contributed by atoms with Crippen molar-refractivity contribution in [3.05, 3.63) is 11.1 Å². The molecular weight excluding hydrogens is 248 g/mol. The number of anilines is 1. The number of nitrogens with two attached hydrogens (primary N) is 1. The Hall–Kier alpha value is -1.14. The molecule has 1 aliphatic carbocycles. The summed E-state index contributed by atoms with van der Waals surface area (Å²) in [6.45, 7) is 0.721. The summed E-state index contributed by atoms with van der Waals surface area (Å²) in [7, 11) is 4.15. The fourth-order valence-corrected chi connectivity index (χ4v) is 2.82. The molecule has 18 heavy (non-hydrogen) atoms. The number of carbonyl (C=O) groups is 1. The van der Waals surface area contributed by atoms with Gasteiger partial charge < -0.3 is 16.0 Å². The summed E-state index contributed by atoms with van der Waals surface area (Å²) in [5, 5.41) is 5.36. The van der Waals surface area contributed by atoms with Crippen molar-refractivity contribution in [2.24, 2.45) is 0 Å². The molecule has 0 radical (unpaired) electrons. The second kappa shape index (κ2) is 5.24. The summed E-state index contributed by atoms with van der Waals surface area (Å²) in [5.41, 5.74) is 6.45. The lowest BCUT2D eigenvalue weighted by atomic mass is 9.75. The van der Waals surface area contributed by atoms with Crippen LogP contribution >= 0.6 is 11.3 Å². The highest BCUT2D eigenvalue weighted by atomic mass is 32.1. The van der Waals surface area contributed by atoms with Crippen LogP contribution in [-0.4, -0.2) is 42.0 Å². The molecule has 1 fully saturated rings. The van der Waals surface area contributed by atoms with Crippen LogP contribution in [-0.2, 0) is 11.2 Å². The third-order valence-electron chi connectivity index (χ3n) is 3.76. The minimum Gasteiger partial charge on any atom is -0.375 e. The number of thiazole rings is 1. The zero-order chi connectivity index (χ0) is 13.2. The Morgan fingerprint density at radius 1 is 1.61 bits per heavy atom. The molecule has 6 heteroatoms. The Balaban J connectivity index is 1.81. The maximum Gasteiger partial charge on any atom is 0.226 e. The first-order chi connectivity index (χ1) is 8.52. The highest BCUT2D eigenvalue weighted by molar-refractivity contribution is 7.13. The molecule has 0 atom stereocenters. The molecule has 1 saturated carbocycles. The van der Waals surface area contributed by atoms with E-state index in [1.807, 2.05) is 5.38 Å². The van der Waals surface area contributed by atoms with Crippen molar-refractivity contribution in [1.29, 1.82) is 0 Å². The molecule has 0 bridgehead atoms. The molecule has 0 aliphatic heterocycles. The lowest BCUT2D eigenvalue weighted by Crippen LogP contribution is -2.57. The van der Waals surface area contributed by atoms with Gasteiger partial charge in [-0.05, 0) is 33.4 Å². The first-order valence-electron chi connectivity index (χ1n) is 6.16. The van der Waals surface area contributed by atoms with Crippen LogP contribution in [0.2, 0.25) is 0 Å². The van der Waals surface area contributed by atoms with Gasteiger partial charge in [0.25, 0.3) is 0 Å². The van der Waals surface area contributed by atoms with Crippen LogP contribution in [0.15, 0.2) is 5.38 Å². The second-order valence-electron chi connectivity index (χ2n) is 5.10. The molecule has 1 aliphatic rings. The van der Waals surface area contributed by atoms with Gasteiger partial charge in [0, 0.05) is 17.5 Å². The third-order valence-corrected chi connectivity index (χ3v) is 4.48. The van der Waals surface area contributed by atoms with Gasteiger partial charge in [-0.1, -0.05) is 0 Å². The third kappa shape index (κ3) is 2.81. The van der Waals surface area contributed by atoms with Crippen molar-refractivity contribution in [1.82, 2.24) is 15.2 Å². The zero-order valence-corrected chi connectivity index (χ0v) is 11.7. The van der Waals surface area contributed by atoms with Gasteiger partial charge in [-0.3, -0.25) is 4.79 Å². The standard InChI is InChI=1S/C12H20N4OS/c1-16(2)12(4-3-5-12)8-14-10(17)6-9-7-18-11(13)15-9/h7H,3-6,8H2,1-2H3,(H2,13,15)(H,14,17). The van der Waals surface area contributed by atoms with E-state index in [1.165, 1.54) is 17.8 Å². The van der Waals surface area contributed by atoms with Crippen LogP contribution in [0, 0.1) is 0 Å². The van der Waals surface area contributed by atoms with Crippen molar-refractivity contribution in [2.75, 3.05) is 26.4 Å². The number of hydrogen-bond acceptors (Lipinski definition) is 5. The average Bonchev–Trinajstić information content (AvgIpc) is 2.61. The quantitative estimate of drug-likeness (QED) is 0.831. The molecule has 0 aromatic carbocycles. The van der Waals surface area contributed by atoms with E-state index in [9.17, 15) is 4.79 Å². The summed E-state index contributed by atoms with van der Waals surface area (Å²) in [6, 6.07) is 0. The van der Waals surface area contributed by atoms with E-state index in [1.54, 1.807) is 0 Å². The van der Waals surface area contributed by atoms with Crippen LogP contribution in [0.3, 0.4) is 0 Å². The van der Waals surface area contributed by atoms with E-state index in [-0.39, 0.29) is 11.4 Å². The lowest BCUT2D eigenvalue weighted by molar-refractivity contribution is -0.121. The fourth-order valence-electron chi connectivity index (χ4n) is 2.26. The Morgan fingerprint density at radius 3 is 2.78 bits per heavy atom. The maximum absolute atomic E-state index is 11.8. The summed E-state index contributed by atoms with van der Waals surface area (Å²) in [5.74, 6) is 0.0217. The van der Waals surface area contributed by atoms with Gasteiger partial charge in [-0.2, -0.15) is 0 Å². The van der Waals surface area contributed by atoms with Gasteiger partial charge in [0.15, 0.2) is 5.13 Å². The average molecular weight is 268 g/mol. The highest BCUT2D eigenvalue weighted by Gasteiger charge is 2.39. The van der Waals surface area contributed by atoms with E-state index in [0.29, 0.717) is 11.6 Å². The van der Waals surface area contributed by atoms with E-state index in [2.05, 4.69) is 29.3 Å². The van der Waals surface area contributed by atoms with Crippen LogP contribution in [0.25, 0.3) is 0 Å². The number of hydrogen-bond donors (Lipinski definition) is 2. The van der Waals surface area contributed by atoms with Gasteiger partial charge in [0.1, 0.15) is 0 Å². The second-order valence-corrected chi connectivity index (χ2v) is 5.99. The van der Waals surface area contributed by atoms with Gasteiger partial charge in [0.2, 0.25) is 5.91 Å². The maximum atomic E-state index is 11.8. The van der Waals surface area contributed by atoms with Gasteiger partial charge in [-0.25, -0.2) is 4.98 Å². The molecule has 3 N–H and O–H groups in total. The summed E-state index contributed by atoms with van der Waals surface area (Å²) in [6.07, 6.45) is 3.88. The largest absolute Gasteiger partial charge is 0.375 e. The van der Waals surface area contributed by atoms with Gasteiger partial charge >= 0.3 is 0 Å². The molecular formula is C12H20N4OS. The minimum absolute atomic E-state index is 0.0217. The number of aromatic nitrogens is 1. The van der Waals surface area contributed by atoms with Crippen molar-refractivity contribution in [3.63, 3.8) is 0 Å². The summed E-state index contributed by atoms with van der Waals surface area (Å²) in [4.78, 5) is 18.1. The van der Waals surface area contributed by atoms with Crippen molar-refractivity contribution in [3.8, 4) is 0 Å². The lowest BCUT2D eigenvalue weighted by Gasteiger charge is -2.47. The summed E-state index contributed by atoms with van der Waals surface area (Å²) >= 11 is 1.37. The van der Waals surface area contributed by atoms with E-state index in [4.69, 9.17) is 5.73 Å². The van der Waals surface area contributed by atoms with Gasteiger partial charge in [-0.15, -0.1) is 11.3 Å². The van der Waals surface area contributed by atoms with Gasteiger partial charge in [0.05, 0.1) is 12.1 Å². The Bertz CT molecular complexity index is 425. The number of carbonyl (C=O) groups excluding carboxylic acids is 1. The number of likely N-dealkylation sites (N-methyl/N-ethyl adjacent to an activating group) is 1. The molecule has 0 saturated heterocycles. The Kier molecular flexibility index (Phi) is 3.87. The molecule has 0 spiro atoms. The highest BCUT2D eigenvalue weighted by Crippen LogP contribution is 2.35. The topological polar surface area (TPSA) is 71.2 Å². The minimum atomic E-state index is 0.0217. The molecule has 5 nitrogen and oxygen atoms in total. The Morgan fingerprint density at radius 2 is 2.33 bits per heavy atom. The Labute approximate surface area is 111 Å². The van der Waals surface area contributed by atoms with Crippen LogP contribution in [0.5, 0.6) is 0 Å². The molecule has 2 rings (SSSR count). The monoisotopic (exact) mass is 268 g/mol. The number of amides is 1. The predicted octanol–water partition coefficient (Wildman–Crippen LogP) is 0.868. The first kappa shape index (κ1) is 13.3. The molecule has 0 unspecified atom stereocenters. The molecule has 1 aromatic heterocycles. The van der Waals surface area contributed by atoms with Crippen LogP contribution < -0.4 is 11.1 Å². The van der Waals surface area contributed by atoms with Crippen LogP contribution in [0.1, 0.15) is 25.0 Å². The van der Waals surface area contributed by atoms with Crippen molar-refractivity contribution in [2.45, 2.75) is 31.2 Å². The number of nitrogen functional groups attached to an aromatic ring is 1. The molecule has 1 aromatic rings. The number of rotatable bonds is 5. The summed E-state index contributed by atoms with van der Waals surface area (Å²) < 4.78 is 0. The van der Waals surface area contributed by atoms with E-state index >= 15 is 0 Å². The van der Waals surface area contributed by atoms with Crippen LogP contribution in [0.4, 0.5) is 5.13 Å². The zero-order valence-electron chi connectivity index (χ0n) is 10.9.